The maximum Gasteiger partial charge on any atom is 0.419 e. The molecule has 2 aromatic rings. The Morgan fingerprint density at radius 3 is 2.47 bits per heavy atom. The molecule has 3 atom stereocenters. The van der Waals surface area contributed by atoms with Crippen LogP contribution in [0.15, 0.2) is 41.3 Å². The molecule has 1 amide bonds. The van der Waals surface area contributed by atoms with E-state index in [1.54, 1.807) is 0 Å². The van der Waals surface area contributed by atoms with Crippen LogP contribution in [-0.2, 0) is 19.3 Å². The highest BCUT2D eigenvalue weighted by atomic mass is 32.2. The molecule has 0 saturated carbocycles. The van der Waals surface area contributed by atoms with E-state index in [0.717, 1.165) is 31.3 Å². The number of nitrogens with zero attached hydrogens (tertiary/aromatic N) is 1. The SMILES string of the molecule is COc1c(N2CC(OC)(C(F)(F)F)CC2C(=O)Nc2cccc(S(C)(=N)=O)c2)ccc(F)c1F. The van der Waals surface area contributed by atoms with Crippen molar-refractivity contribution in [2.45, 2.75) is 29.1 Å². The van der Waals surface area contributed by atoms with E-state index in [4.69, 9.17) is 14.3 Å². The Morgan fingerprint density at radius 2 is 1.91 bits per heavy atom. The number of amides is 1. The van der Waals surface area contributed by atoms with E-state index in [2.05, 4.69) is 5.32 Å². The lowest BCUT2D eigenvalue weighted by Gasteiger charge is -2.31. The van der Waals surface area contributed by atoms with Gasteiger partial charge in [-0.1, -0.05) is 6.07 Å². The van der Waals surface area contributed by atoms with Crippen LogP contribution in [0.2, 0.25) is 0 Å². The summed E-state index contributed by atoms with van der Waals surface area (Å²) in [4.78, 5) is 14.2. The first-order valence-electron chi connectivity index (χ1n) is 9.79. The van der Waals surface area contributed by atoms with E-state index in [1.807, 2.05) is 0 Å². The quantitative estimate of drug-likeness (QED) is 0.573. The average Bonchev–Trinajstić information content (AvgIpc) is 3.16. The third-order valence-electron chi connectivity index (χ3n) is 5.63. The largest absolute Gasteiger partial charge is 0.491 e. The maximum atomic E-state index is 14.3. The lowest BCUT2D eigenvalue weighted by atomic mass is 9.99. The maximum absolute atomic E-state index is 14.3. The van der Waals surface area contributed by atoms with Gasteiger partial charge >= 0.3 is 6.18 Å². The van der Waals surface area contributed by atoms with Gasteiger partial charge in [0.2, 0.25) is 11.7 Å². The summed E-state index contributed by atoms with van der Waals surface area (Å²) in [6.45, 7) is -0.887. The molecule has 1 fully saturated rings. The van der Waals surface area contributed by atoms with E-state index < -0.39 is 63.8 Å². The lowest BCUT2D eigenvalue weighted by Crippen LogP contribution is -2.49. The molecule has 0 aromatic heterocycles. The third kappa shape index (κ3) is 4.67. The van der Waals surface area contributed by atoms with Crippen molar-refractivity contribution in [3.63, 3.8) is 0 Å². The van der Waals surface area contributed by atoms with Crippen LogP contribution in [0.5, 0.6) is 5.75 Å². The molecule has 0 bridgehead atoms. The molecular formula is C21H22F5N3O4S. The smallest absolute Gasteiger partial charge is 0.419 e. The minimum Gasteiger partial charge on any atom is -0.491 e. The normalized spacial score (nSPS) is 22.4. The van der Waals surface area contributed by atoms with Crippen LogP contribution in [0.4, 0.5) is 33.3 Å². The summed E-state index contributed by atoms with van der Waals surface area (Å²) in [5.41, 5.74) is -2.93. The van der Waals surface area contributed by atoms with Crippen LogP contribution >= 0.6 is 0 Å². The minimum absolute atomic E-state index is 0.100. The Balaban J connectivity index is 2.06. The second-order valence-electron chi connectivity index (χ2n) is 7.82. The highest BCUT2D eigenvalue weighted by Crippen LogP contribution is 2.47. The van der Waals surface area contributed by atoms with Crippen molar-refractivity contribution in [2.24, 2.45) is 0 Å². The van der Waals surface area contributed by atoms with Crippen molar-refractivity contribution < 1.29 is 40.4 Å². The van der Waals surface area contributed by atoms with Crippen molar-refractivity contribution in [1.82, 2.24) is 0 Å². The Labute approximate surface area is 192 Å². The van der Waals surface area contributed by atoms with Gasteiger partial charge in [0.25, 0.3) is 0 Å². The number of nitrogens with one attached hydrogen (secondary N) is 2. The highest BCUT2D eigenvalue weighted by molar-refractivity contribution is 7.91. The van der Waals surface area contributed by atoms with Crippen LogP contribution in [0.25, 0.3) is 0 Å². The molecule has 1 aliphatic heterocycles. The molecule has 34 heavy (non-hydrogen) atoms. The molecule has 3 unspecified atom stereocenters. The van der Waals surface area contributed by atoms with Crippen LogP contribution in [0, 0.1) is 16.4 Å². The molecule has 7 nitrogen and oxygen atoms in total. The van der Waals surface area contributed by atoms with Crippen molar-refractivity contribution in [1.29, 1.82) is 4.78 Å². The molecule has 0 aliphatic carbocycles. The standard InChI is InChI=1S/C21H22F5N3O4S/c1-32-18-15(8-7-14(22)17(18)23)29-11-20(33-2,21(24,25)26)10-16(29)19(30)28-12-5-4-6-13(9-12)34(3,27)31/h4-9,16,27H,10-11H2,1-3H3,(H,28,30). The zero-order valence-electron chi connectivity index (χ0n) is 18.3. The summed E-state index contributed by atoms with van der Waals surface area (Å²) >= 11 is 0. The highest BCUT2D eigenvalue weighted by Gasteiger charge is 2.63. The fourth-order valence-electron chi connectivity index (χ4n) is 3.81. The van der Waals surface area contributed by atoms with E-state index in [-0.39, 0.29) is 16.3 Å². The Bertz CT molecular complexity index is 1210. The number of hydrogen-bond acceptors (Lipinski definition) is 6. The second-order valence-corrected chi connectivity index (χ2v) is 9.98. The van der Waals surface area contributed by atoms with Crippen LogP contribution in [0.3, 0.4) is 0 Å². The van der Waals surface area contributed by atoms with Crippen molar-refractivity contribution in [2.75, 3.05) is 37.2 Å². The number of benzene rings is 2. The fraction of sp³-hybridized carbons (Fsp3) is 0.381. The number of halogens is 5. The van der Waals surface area contributed by atoms with E-state index in [0.29, 0.717) is 0 Å². The minimum atomic E-state index is -4.89. The molecule has 2 aromatic carbocycles. The summed E-state index contributed by atoms with van der Waals surface area (Å²) in [5.74, 6) is -4.25. The summed E-state index contributed by atoms with van der Waals surface area (Å²) in [7, 11) is -1.24. The second kappa shape index (κ2) is 9.02. The number of hydrogen-bond donors (Lipinski definition) is 2. The van der Waals surface area contributed by atoms with Gasteiger partial charge in [-0.15, -0.1) is 0 Å². The summed E-state index contributed by atoms with van der Waals surface area (Å²) in [6, 6.07) is 5.76. The van der Waals surface area contributed by atoms with E-state index in [9.17, 15) is 31.0 Å². The van der Waals surface area contributed by atoms with Crippen molar-refractivity contribution in [3.8, 4) is 5.75 Å². The number of carbonyl (C=O) groups is 1. The molecule has 0 radical (unpaired) electrons. The molecular weight excluding hydrogens is 485 g/mol. The van der Waals surface area contributed by atoms with Crippen LogP contribution in [0.1, 0.15) is 6.42 Å². The Hall–Kier alpha value is -2.93. The molecule has 13 heteroatoms. The van der Waals surface area contributed by atoms with Gasteiger partial charge in [0.05, 0.1) is 29.1 Å². The monoisotopic (exact) mass is 507 g/mol. The van der Waals surface area contributed by atoms with E-state index >= 15 is 0 Å². The van der Waals surface area contributed by atoms with Gasteiger partial charge in [0, 0.05) is 30.4 Å². The molecule has 1 saturated heterocycles. The van der Waals surface area contributed by atoms with Crippen molar-refractivity contribution in [3.05, 3.63) is 48.0 Å². The van der Waals surface area contributed by atoms with E-state index in [1.165, 1.54) is 30.5 Å². The van der Waals surface area contributed by atoms with Gasteiger partial charge in [-0.3, -0.25) is 4.79 Å². The predicted octanol–water partition coefficient (Wildman–Crippen LogP) is 4.17. The number of alkyl halides is 3. The molecule has 1 heterocycles. The average molecular weight is 507 g/mol. The Kier molecular flexibility index (Phi) is 6.82. The fourth-order valence-corrected chi connectivity index (χ4v) is 4.50. The van der Waals surface area contributed by atoms with Crippen LogP contribution < -0.4 is 15.0 Å². The molecule has 3 rings (SSSR count). The zero-order chi connectivity index (χ0) is 25.5. The first kappa shape index (κ1) is 25.7. The molecule has 1 aliphatic rings. The lowest BCUT2D eigenvalue weighted by molar-refractivity contribution is -0.261. The summed E-state index contributed by atoms with van der Waals surface area (Å²) < 4.78 is 99.4. The number of ether oxygens (including phenoxy) is 2. The van der Waals surface area contributed by atoms with Gasteiger partial charge in [-0.2, -0.15) is 17.6 Å². The first-order valence-corrected chi connectivity index (χ1v) is 11.8. The van der Waals surface area contributed by atoms with Crippen LogP contribution in [-0.4, -0.2) is 55.0 Å². The van der Waals surface area contributed by atoms with Gasteiger partial charge in [0.1, 0.15) is 6.04 Å². The first-order chi connectivity index (χ1) is 15.7. The summed E-state index contributed by atoms with van der Waals surface area (Å²) in [5, 5.41) is 2.45. The third-order valence-corrected chi connectivity index (χ3v) is 6.78. The molecule has 0 spiro atoms. The number of carbonyl (C=O) groups excluding carboxylic acids is 1. The number of methoxy groups -OCH3 is 2. The molecule has 2 N–H and O–H groups in total. The molecule has 186 valence electrons. The topological polar surface area (TPSA) is 91.7 Å². The van der Waals surface area contributed by atoms with Gasteiger partial charge < -0.3 is 19.7 Å². The van der Waals surface area contributed by atoms with Gasteiger partial charge in [-0.25, -0.2) is 13.4 Å². The van der Waals surface area contributed by atoms with Gasteiger partial charge in [-0.05, 0) is 30.3 Å². The zero-order valence-corrected chi connectivity index (χ0v) is 19.2. The summed E-state index contributed by atoms with van der Waals surface area (Å²) in [6.07, 6.45) is -4.55. The number of anilines is 2. The Morgan fingerprint density at radius 1 is 1.24 bits per heavy atom. The number of rotatable bonds is 6. The van der Waals surface area contributed by atoms with Gasteiger partial charge in [0.15, 0.2) is 17.2 Å². The van der Waals surface area contributed by atoms with Crippen molar-refractivity contribution >= 4 is 27.0 Å². The predicted molar refractivity (Wildman–Crippen MR) is 115 cm³/mol.